The van der Waals surface area contributed by atoms with Crippen molar-refractivity contribution in [3.05, 3.63) is 46.2 Å². The molecule has 3 aromatic rings. The zero-order valence-corrected chi connectivity index (χ0v) is 18.2. The second-order valence-electron chi connectivity index (χ2n) is 7.42. The number of nitrogens with one attached hydrogen (secondary N) is 1. The van der Waals surface area contributed by atoms with E-state index in [2.05, 4.69) is 31.7 Å². The van der Waals surface area contributed by atoms with Gasteiger partial charge in [-0.15, -0.1) is 11.3 Å². The number of anilines is 2. The van der Waals surface area contributed by atoms with Gasteiger partial charge in [-0.1, -0.05) is 6.42 Å². The molecule has 1 N–H and O–H groups in total. The normalized spacial score (nSPS) is 16.9. The molecule has 1 aliphatic rings. The van der Waals surface area contributed by atoms with Crippen LogP contribution in [0.25, 0.3) is 0 Å². The van der Waals surface area contributed by atoms with Crippen LogP contribution in [0.5, 0.6) is 5.88 Å². The summed E-state index contributed by atoms with van der Waals surface area (Å²) in [6, 6.07) is 5.81. The zero-order chi connectivity index (χ0) is 21.1. The summed E-state index contributed by atoms with van der Waals surface area (Å²) in [5, 5.41) is 19.7. The number of likely N-dealkylation sites (tertiary alicyclic amines) is 1. The van der Waals surface area contributed by atoms with Gasteiger partial charge in [-0.05, 0) is 38.4 Å². The third kappa shape index (κ3) is 4.15. The third-order valence-electron chi connectivity index (χ3n) is 5.44. The number of hydrogen-bond acceptors (Lipinski definition) is 8. The largest absolute Gasteiger partial charge is 0.481 e. The first-order valence-corrected chi connectivity index (χ1v) is 10.9. The van der Waals surface area contributed by atoms with Crippen LogP contribution in [0.3, 0.4) is 0 Å². The first-order chi connectivity index (χ1) is 14.6. The molecule has 3 aromatic heterocycles. The van der Waals surface area contributed by atoms with Crippen LogP contribution in [0.2, 0.25) is 0 Å². The predicted octanol–water partition coefficient (Wildman–Crippen LogP) is 3.93. The Morgan fingerprint density at radius 1 is 1.40 bits per heavy atom. The van der Waals surface area contributed by atoms with Gasteiger partial charge in [-0.2, -0.15) is 10.4 Å². The molecular formula is C21H25N7OS. The average molecular weight is 424 g/mol. The molecule has 0 saturated carbocycles. The van der Waals surface area contributed by atoms with Crippen LogP contribution in [0, 0.1) is 18.3 Å². The standard InChI is InChI=1S/C21H25N7OS/c1-14-16(20(29-3)27(2)26-14)12-28-9-5-4-6-18(28)17-13-30-21(24-17)25-19-10-15(11-22)7-8-23-19/h7-8,10,13,18H,4-6,9,12H2,1-3H3,(H,23,24,25). The van der Waals surface area contributed by atoms with Crippen LogP contribution < -0.4 is 10.1 Å². The second-order valence-corrected chi connectivity index (χ2v) is 8.28. The van der Waals surface area contributed by atoms with E-state index in [0.29, 0.717) is 11.4 Å². The predicted molar refractivity (Wildman–Crippen MR) is 116 cm³/mol. The molecule has 4 heterocycles. The minimum Gasteiger partial charge on any atom is -0.481 e. The van der Waals surface area contributed by atoms with Crippen molar-refractivity contribution in [2.45, 2.75) is 38.8 Å². The number of nitriles is 1. The molecule has 1 saturated heterocycles. The quantitative estimate of drug-likeness (QED) is 0.642. The molecule has 0 spiro atoms. The maximum atomic E-state index is 9.07. The molecular weight excluding hydrogens is 398 g/mol. The van der Waals surface area contributed by atoms with Gasteiger partial charge in [0.25, 0.3) is 0 Å². The summed E-state index contributed by atoms with van der Waals surface area (Å²) in [7, 11) is 3.61. The number of hydrogen-bond donors (Lipinski definition) is 1. The number of aromatic nitrogens is 4. The Labute approximate surface area is 180 Å². The second kappa shape index (κ2) is 8.81. The number of nitrogens with zero attached hydrogens (tertiary/aromatic N) is 6. The number of thiazole rings is 1. The number of aryl methyl sites for hydroxylation is 2. The first-order valence-electron chi connectivity index (χ1n) is 9.98. The molecule has 0 amide bonds. The Morgan fingerprint density at radius 2 is 2.27 bits per heavy atom. The van der Waals surface area contributed by atoms with E-state index < -0.39 is 0 Å². The van der Waals surface area contributed by atoms with Gasteiger partial charge in [0, 0.05) is 25.2 Å². The molecule has 8 nitrogen and oxygen atoms in total. The Bertz CT molecular complexity index is 1070. The number of rotatable bonds is 6. The van der Waals surface area contributed by atoms with Crippen LogP contribution in [0.1, 0.15) is 47.8 Å². The minimum atomic E-state index is 0.258. The number of ether oxygens (including phenoxy) is 1. The van der Waals surface area contributed by atoms with Crippen molar-refractivity contribution < 1.29 is 4.74 Å². The summed E-state index contributed by atoms with van der Waals surface area (Å²) in [6.07, 6.45) is 5.07. The van der Waals surface area contributed by atoms with Gasteiger partial charge in [0.1, 0.15) is 5.82 Å². The van der Waals surface area contributed by atoms with E-state index >= 15 is 0 Å². The van der Waals surface area contributed by atoms with E-state index in [1.807, 2.05) is 14.0 Å². The van der Waals surface area contributed by atoms with Crippen molar-refractivity contribution in [1.29, 1.82) is 5.26 Å². The van der Waals surface area contributed by atoms with Gasteiger partial charge in [-0.25, -0.2) is 14.6 Å². The highest BCUT2D eigenvalue weighted by Crippen LogP contribution is 2.36. The smallest absolute Gasteiger partial charge is 0.216 e. The van der Waals surface area contributed by atoms with Gasteiger partial charge in [0.15, 0.2) is 5.13 Å². The summed E-state index contributed by atoms with van der Waals surface area (Å²) >= 11 is 1.56. The lowest BCUT2D eigenvalue weighted by atomic mass is 9.99. The van der Waals surface area contributed by atoms with Gasteiger partial charge in [-0.3, -0.25) is 4.90 Å². The fourth-order valence-electron chi connectivity index (χ4n) is 4.01. The molecule has 1 atom stereocenters. The summed E-state index contributed by atoms with van der Waals surface area (Å²) in [5.41, 5.74) is 3.78. The van der Waals surface area contributed by atoms with E-state index in [1.54, 1.807) is 41.5 Å². The van der Waals surface area contributed by atoms with Gasteiger partial charge < -0.3 is 10.1 Å². The van der Waals surface area contributed by atoms with Crippen molar-refractivity contribution in [2.75, 3.05) is 19.0 Å². The van der Waals surface area contributed by atoms with Crippen molar-refractivity contribution in [1.82, 2.24) is 24.6 Å². The summed E-state index contributed by atoms with van der Waals surface area (Å²) in [5.74, 6) is 1.45. The van der Waals surface area contributed by atoms with E-state index in [-0.39, 0.29) is 6.04 Å². The van der Waals surface area contributed by atoms with Gasteiger partial charge in [0.2, 0.25) is 5.88 Å². The van der Waals surface area contributed by atoms with Gasteiger partial charge in [0.05, 0.1) is 41.7 Å². The zero-order valence-electron chi connectivity index (χ0n) is 17.4. The summed E-state index contributed by atoms with van der Waals surface area (Å²) < 4.78 is 7.39. The average Bonchev–Trinajstić information content (AvgIpc) is 3.32. The number of piperidine rings is 1. The van der Waals surface area contributed by atoms with Crippen molar-refractivity contribution >= 4 is 22.3 Å². The SMILES string of the molecule is COc1c(CN2CCCCC2c2csc(Nc3cc(C#N)ccn3)n2)c(C)nn1C. The molecule has 0 aliphatic carbocycles. The topological polar surface area (TPSA) is 91.9 Å². The molecule has 156 valence electrons. The van der Waals surface area contributed by atoms with Crippen LogP contribution in [0.4, 0.5) is 10.9 Å². The lowest BCUT2D eigenvalue weighted by molar-refractivity contribution is 0.136. The van der Waals surface area contributed by atoms with Crippen molar-refractivity contribution in [3.63, 3.8) is 0 Å². The maximum absolute atomic E-state index is 9.07. The highest BCUT2D eigenvalue weighted by atomic mass is 32.1. The van der Waals surface area contributed by atoms with Crippen LogP contribution in [-0.4, -0.2) is 38.3 Å². The molecule has 0 bridgehead atoms. The Kier molecular flexibility index (Phi) is 5.97. The molecule has 1 aliphatic heterocycles. The van der Waals surface area contributed by atoms with Crippen LogP contribution in [0.15, 0.2) is 23.7 Å². The Morgan fingerprint density at radius 3 is 3.07 bits per heavy atom. The number of pyridine rings is 1. The monoisotopic (exact) mass is 423 g/mol. The molecule has 1 fully saturated rings. The first kappa shape index (κ1) is 20.3. The van der Waals surface area contributed by atoms with Crippen molar-refractivity contribution in [2.24, 2.45) is 7.05 Å². The number of methoxy groups -OCH3 is 1. The van der Waals surface area contributed by atoms with E-state index in [4.69, 9.17) is 15.0 Å². The maximum Gasteiger partial charge on any atom is 0.216 e. The Balaban J connectivity index is 1.53. The van der Waals surface area contributed by atoms with E-state index in [0.717, 1.165) is 47.5 Å². The third-order valence-corrected chi connectivity index (χ3v) is 6.22. The van der Waals surface area contributed by atoms with E-state index in [9.17, 15) is 0 Å². The molecule has 30 heavy (non-hydrogen) atoms. The molecule has 9 heteroatoms. The summed E-state index contributed by atoms with van der Waals surface area (Å²) in [4.78, 5) is 11.6. The van der Waals surface area contributed by atoms with Crippen LogP contribution in [-0.2, 0) is 13.6 Å². The Hall–Kier alpha value is -2.96. The van der Waals surface area contributed by atoms with Gasteiger partial charge >= 0.3 is 0 Å². The lowest BCUT2D eigenvalue weighted by Crippen LogP contribution is -2.33. The fraction of sp³-hybridized carbons (Fsp3) is 0.429. The minimum absolute atomic E-state index is 0.258. The highest BCUT2D eigenvalue weighted by molar-refractivity contribution is 7.13. The molecule has 4 rings (SSSR count). The fourth-order valence-corrected chi connectivity index (χ4v) is 4.77. The van der Waals surface area contributed by atoms with Crippen molar-refractivity contribution in [3.8, 4) is 11.9 Å². The molecule has 1 unspecified atom stereocenters. The lowest BCUT2D eigenvalue weighted by Gasteiger charge is -2.34. The highest BCUT2D eigenvalue weighted by Gasteiger charge is 2.28. The molecule has 0 radical (unpaired) electrons. The van der Waals surface area contributed by atoms with Crippen LogP contribution >= 0.6 is 11.3 Å². The van der Waals surface area contributed by atoms with E-state index in [1.165, 1.54) is 12.8 Å². The summed E-state index contributed by atoms with van der Waals surface area (Å²) in [6.45, 7) is 3.85. The molecule has 0 aromatic carbocycles.